The van der Waals surface area contributed by atoms with Crippen molar-refractivity contribution in [3.63, 3.8) is 0 Å². The largest absolute Gasteiger partial charge is 0.414 e. The highest BCUT2D eigenvalue weighted by Gasteiger charge is 2.42. The van der Waals surface area contributed by atoms with E-state index < -0.39 is 15.5 Å². The first-order chi connectivity index (χ1) is 6.31. The highest BCUT2D eigenvalue weighted by atomic mass is 35.5. The van der Waals surface area contributed by atoms with Crippen molar-refractivity contribution in [1.82, 2.24) is 4.44 Å². The van der Waals surface area contributed by atoms with Gasteiger partial charge in [-0.1, -0.05) is 0 Å². The van der Waals surface area contributed by atoms with Crippen LogP contribution < -0.4 is 0 Å². The van der Waals surface area contributed by atoms with Crippen molar-refractivity contribution >= 4 is 27.1 Å². The fourth-order valence-electron chi connectivity index (χ4n) is 0.660. The van der Waals surface area contributed by atoms with Crippen LogP contribution in [0.3, 0.4) is 0 Å². The molecule has 0 aromatic heterocycles. The van der Waals surface area contributed by atoms with E-state index in [0.29, 0.717) is 4.44 Å². The average molecular weight is 268 g/mol. The minimum absolute atomic E-state index is 0.109. The van der Waals surface area contributed by atoms with Crippen LogP contribution in [0.4, 0.5) is 0 Å². The summed E-state index contributed by atoms with van der Waals surface area (Å²) in [5.41, 5.74) is 0. The van der Waals surface area contributed by atoms with Crippen LogP contribution in [0.25, 0.3) is 0 Å². The zero-order chi connectivity index (χ0) is 11.4. The summed E-state index contributed by atoms with van der Waals surface area (Å²) >= 11 is 5.31. The fraction of sp³-hybridized carbons (Fsp3) is 1.00. The molecule has 0 saturated carbocycles. The average Bonchev–Trinajstić information content (AvgIpc) is 2.13. The van der Waals surface area contributed by atoms with Crippen LogP contribution in [0.15, 0.2) is 0 Å². The van der Waals surface area contributed by atoms with Gasteiger partial charge in [-0.25, -0.2) is 9.13 Å². The zero-order valence-electron chi connectivity index (χ0n) is 7.66. The molecule has 10 heteroatoms. The second-order valence-electron chi connectivity index (χ2n) is 2.13. The normalized spacial score (nSPS) is 20.4. The lowest BCUT2D eigenvalue weighted by Crippen LogP contribution is -2.21. The summed E-state index contributed by atoms with van der Waals surface area (Å²) in [5.74, 6) is -0.109. The van der Waals surface area contributed by atoms with Crippen molar-refractivity contribution in [2.75, 3.05) is 26.6 Å². The van der Waals surface area contributed by atoms with Crippen LogP contribution in [-0.4, -0.2) is 40.9 Å². The van der Waals surface area contributed by atoms with E-state index >= 15 is 0 Å². The van der Waals surface area contributed by atoms with Gasteiger partial charge in [-0.05, 0) is 0 Å². The molecule has 0 amide bonds. The van der Waals surface area contributed by atoms with E-state index in [1.807, 2.05) is 0 Å². The molecule has 0 spiro atoms. The molecular formula is C4H12ClNO6P2. The Hall–Kier alpha value is 0.550. The van der Waals surface area contributed by atoms with Crippen molar-refractivity contribution in [2.45, 2.75) is 0 Å². The van der Waals surface area contributed by atoms with Crippen LogP contribution in [0.1, 0.15) is 0 Å². The molecule has 0 aromatic rings. The summed E-state index contributed by atoms with van der Waals surface area (Å²) in [6.45, 7) is -0.301. The summed E-state index contributed by atoms with van der Waals surface area (Å²) in [7, 11) is -6.77. The maximum atomic E-state index is 11.3. The minimum atomic E-state index is -4.33. The second-order valence-corrected chi connectivity index (χ2v) is 6.48. The molecule has 2 atom stereocenters. The molecule has 0 heterocycles. The Kier molecular flexibility index (Phi) is 5.80. The van der Waals surface area contributed by atoms with Gasteiger partial charge in [0.25, 0.3) is 0 Å². The standard InChI is InChI=1S/C4H12ClNO6P2/c1-11-13(7,8)6(4-3-5)14(9,10)12-2/h3-4H2,1-2H3,(H,7,8)(H,9,10). The van der Waals surface area contributed by atoms with Gasteiger partial charge < -0.3 is 9.79 Å². The maximum absolute atomic E-state index is 11.3. The minimum Gasteiger partial charge on any atom is -0.312 e. The molecule has 2 unspecified atom stereocenters. The molecule has 0 saturated heterocycles. The summed E-state index contributed by atoms with van der Waals surface area (Å²) in [4.78, 5) is 18.3. The summed E-state index contributed by atoms with van der Waals surface area (Å²) < 4.78 is 31.3. The first-order valence-electron chi connectivity index (χ1n) is 3.43. The van der Waals surface area contributed by atoms with E-state index in [1.165, 1.54) is 0 Å². The van der Waals surface area contributed by atoms with Gasteiger partial charge in [-0.2, -0.15) is 0 Å². The first kappa shape index (κ1) is 14.6. The Labute approximate surface area is 86.8 Å². The predicted molar refractivity (Wildman–Crippen MR) is 51.1 cm³/mol. The number of hydrogen-bond acceptors (Lipinski definition) is 4. The molecule has 7 nitrogen and oxygen atoms in total. The predicted octanol–water partition coefficient (Wildman–Crippen LogP) is 1.02. The van der Waals surface area contributed by atoms with Crippen molar-refractivity contribution in [2.24, 2.45) is 0 Å². The van der Waals surface area contributed by atoms with Crippen LogP contribution in [-0.2, 0) is 18.2 Å². The van der Waals surface area contributed by atoms with E-state index in [4.69, 9.17) is 21.4 Å². The smallest absolute Gasteiger partial charge is 0.312 e. The Morgan fingerprint density at radius 3 is 1.79 bits per heavy atom. The molecule has 0 fully saturated rings. The van der Waals surface area contributed by atoms with Crippen LogP contribution >= 0.6 is 27.1 Å². The van der Waals surface area contributed by atoms with Gasteiger partial charge in [0.1, 0.15) is 0 Å². The van der Waals surface area contributed by atoms with Gasteiger partial charge in [0.2, 0.25) is 0 Å². The van der Waals surface area contributed by atoms with E-state index in [0.717, 1.165) is 14.2 Å². The fourth-order valence-corrected chi connectivity index (χ4v) is 3.73. The third-order valence-corrected chi connectivity index (χ3v) is 5.39. The lowest BCUT2D eigenvalue weighted by atomic mass is 10.8. The molecule has 0 aliphatic heterocycles. The second kappa shape index (κ2) is 5.58. The summed E-state index contributed by atoms with van der Waals surface area (Å²) in [6, 6.07) is 0. The molecule has 14 heavy (non-hydrogen) atoms. The summed E-state index contributed by atoms with van der Waals surface area (Å²) in [5, 5.41) is 0. The van der Waals surface area contributed by atoms with Gasteiger partial charge in [0, 0.05) is 26.6 Å². The quantitative estimate of drug-likeness (QED) is 0.548. The van der Waals surface area contributed by atoms with Gasteiger partial charge in [-0.3, -0.25) is 9.05 Å². The molecule has 86 valence electrons. The first-order valence-corrected chi connectivity index (χ1v) is 7.03. The Balaban J connectivity index is 4.96. The van der Waals surface area contributed by atoms with Gasteiger partial charge >= 0.3 is 15.5 Å². The number of alkyl halides is 1. The van der Waals surface area contributed by atoms with Crippen molar-refractivity contribution < 1.29 is 28.0 Å². The van der Waals surface area contributed by atoms with Crippen LogP contribution in [0.2, 0.25) is 0 Å². The molecule has 0 aromatic carbocycles. The topological polar surface area (TPSA) is 96.3 Å². The van der Waals surface area contributed by atoms with Crippen LogP contribution in [0.5, 0.6) is 0 Å². The van der Waals surface area contributed by atoms with Crippen LogP contribution in [0, 0.1) is 0 Å². The van der Waals surface area contributed by atoms with Gasteiger partial charge in [-0.15, -0.1) is 16.0 Å². The van der Waals surface area contributed by atoms with Crippen molar-refractivity contribution in [3.8, 4) is 0 Å². The number of halogens is 1. The van der Waals surface area contributed by atoms with Crippen molar-refractivity contribution in [3.05, 3.63) is 0 Å². The van der Waals surface area contributed by atoms with E-state index in [1.54, 1.807) is 0 Å². The number of nitrogens with zero attached hydrogens (tertiary/aromatic N) is 1. The Bertz CT molecular complexity index is 249. The molecule has 0 bridgehead atoms. The van der Waals surface area contributed by atoms with E-state index in [2.05, 4.69) is 9.05 Å². The van der Waals surface area contributed by atoms with Gasteiger partial charge in [0.05, 0.1) is 0 Å². The van der Waals surface area contributed by atoms with E-state index in [9.17, 15) is 9.13 Å². The monoisotopic (exact) mass is 267 g/mol. The maximum Gasteiger partial charge on any atom is 0.414 e. The molecule has 0 aliphatic rings. The summed E-state index contributed by atoms with van der Waals surface area (Å²) in [6.07, 6.45) is 0. The highest BCUT2D eigenvalue weighted by molar-refractivity contribution is 7.66. The molecular weight excluding hydrogens is 255 g/mol. The molecule has 0 radical (unpaired) electrons. The SMILES string of the molecule is COP(=O)(O)N(CCCl)P(=O)(O)OC. The lowest BCUT2D eigenvalue weighted by Gasteiger charge is -2.26. The lowest BCUT2D eigenvalue weighted by molar-refractivity contribution is 0.230. The number of hydrogen-bond donors (Lipinski definition) is 2. The van der Waals surface area contributed by atoms with Gasteiger partial charge in [0.15, 0.2) is 0 Å². The van der Waals surface area contributed by atoms with E-state index in [-0.39, 0.29) is 12.4 Å². The number of rotatable bonds is 6. The molecule has 2 N–H and O–H groups in total. The third-order valence-electron chi connectivity index (χ3n) is 1.34. The third kappa shape index (κ3) is 3.61. The Morgan fingerprint density at radius 2 is 1.57 bits per heavy atom. The highest BCUT2D eigenvalue weighted by Crippen LogP contribution is 2.62. The van der Waals surface area contributed by atoms with Crippen molar-refractivity contribution in [1.29, 1.82) is 0 Å². The molecule has 0 aliphatic carbocycles. The zero-order valence-corrected chi connectivity index (χ0v) is 10.2. The molecule has 0 rings (SSSR count). The Morgan fingerprint density at radius 1 is 1.21 bits per heavy atom.